The van der Waals surface area contributed by atoms with Crippen molar-refractivity contribution in [3.05, 3.63) is 48.5 Å². The van der Waals surface area contributed by atoms with Crippen LogP contribution in [-0.2, 0) is 0 Å². The van der Waals surface area contributed by atoms with Crippen LogP contribution < -0.4 is 5.32 Å². The SMILES string of the molecule is CC(C)Nc1ccc(-n2c3ccc2cc3)cc1. The topological polar surface area (TPSA) is 17.0 Å². The molecule has 2 nitrogen and oxygen atoms in total. The van der Waals surface area contributed by atoms with Crippen LogP contribution in [-0.4, -0.2) is 10.6 Å². The normalized spacial score (nSPS) is 11.5. The first-order valence-corrected chi connectivity index (χ1v) is 6.01. The Morgan fingerprint density at radius 3 is 1.82 bits per heavy atom. The van der Waals surface area contributed by atoms with E-state index in [1.165, 1.54) is 22.4 Å². The summed E-state index contributed by atoms with van der Waals surface area (Å²) in [7, 11) is 0. The first kappa shape index (κ1) is 10.2. The number of anilines is 1. The Kier molecular flexibility index (Phi) is 2.29. The Morgan fingerprint density at radius 2 is 1.35 bits per heavy atom. The number of benzene rings is 2. The maximum atomic E-state index is 3.40. The van der Waals surface area contributed by atoms with E-state index in [9.17, 15) is 0 Å². The summed E-state index contributed by atoms with van der Waals surface area (Å²) < 4.78 is 2.26. The van der Waals surface area contributed by atoms with E-state index >= 15 is 0 Å². The van der Waals surface area contributed by atoms with Crippen molar-refractivity contribution in [2.45, 2.75) is 19.9 Å². The highest BCUT2D eigenvalue weighted by Gasteiger charge is 2.05. The minimum Gasteiger partial charge on any atom is -0.383 e. The molecule has 0 aliphatic rings. The van der Waals surface area contributed by atoms with Gasteiger partial charge in [0.05, 0.1) is 0 Å². The molecule has 0 aliphatic heterocycles. The van der Waals surface area contributed by atoms with E-state index in [4.69, 9.17) is 0 Å². The Bertz CT molecular complexity index is 557. The smallest absolute Gasteiger partial charge is 0.0463 e. The molecule has 0 aliphatic carbocycles. The molecular formula is C15H16N2. The Balaban J connectivity index is 1.95. The fourth-order valence-electron chi connectivity index (χ4n) is 2.24. The second-order valence-corrected chi connectivity index (χ2v) is 4.70. The monoisotopic (exact) mass is 224 g/mol. The van der Waals surface area contributed by atoms with E-state index in [2.05, 4.69) is 72.3 Å². The summed E-state index contributed by atoms with van der Waals surface area (Å²) in [5.74, 6) is 0. The quantitative estimate of drug-likeness (QED) is 0.714. The zero-order chi connectivity index (χ0) is 11.8. The molecule has 1 aromatic carbocycles. The van der Waals surface area contributed by atoms with Gasteiger partial charge in [-0.3, -0.25) is 0 Å². The van der Waals surface area contributed by atoms with E-state index in [1.807, 2.05) is 0 Å². The molecule has 0 atom stereocenters. The van der Waals surface area contributed by atoms with Crippen LogP contribution >= 0.6 is 0 Å². The molecule has 2 heterocycles. The van der Waals surface area contributed by atoms with Gasteiger partial charge in [0, 0.05) is 28.5 Å². The second kappa shape index (κ2) is 3.81. The van der Waals surface area contributed by atoms with E-state index in [-0.39, 0.29) is 0 Å². The van der Waals surface area contributed by atoms with Gasteiger partial charge in [0.2, 0.25) is 0 Å². The molecule has 3 rings (SSSR count). The zero-order valence-corrected chi connectivity index (χ0v) is 10.1. The molecule has 0 spiro atoms. The third kappa shape index (κ3) is 1.76. The van der Waals surface area contributed by atoms with Crippen LogP contribution in [0.3, 0.4) is 0 Å². The molecule has 0 saturated carbocycles. The highest BCUT2D eigenvalue weighted by Crippen LogP contribution is 2.23. The molecule has 0 unspecified atom stereocenters. The van der Waals surface area contributed by atoms with Crippen molar-refractivity contribution in [2.24, 2.45) is 0 Å². The lowest BCUT2D eigenvalue weighted by atomic mass is 10.2. The van der Waals surface area contributed by atoms with Crippen molar-refractivity contribution in [1.29, 1.82) is 0 Å². The maximum absolute atomic E-state index is 3.40. The Hall–Kier alpha value is -1.96. The molecule has 2 bridgehead atoms. The average molecular weight is 224 g/mol. The van der Waals surface area contributed by atoms with Crippen molar-refractivity contribution < 1.29 is 0 Å². The number of hydrogen-bond acceptors (Lipinski definition) is 1. The fourth-order valence-corrected chi connectivity index (χ4v) is 2.24. The number of aromatic nitrogens is 1. The van der Waals surface area contributed by atoms with Gasteiger partial charge in [-0.25, -0.2) is 0 Å². The summed E-state index contributed by atoms with van der Waals surface area (Å²) in [5.41, 5.74) is 4.90. The second-order valence-electron chi connectivity index (χ2n) is 4.70. The lowest BCUT2D eigenvalue weighted by Gasteiger charge is -2.11. The van der Waals surface area contributed by atoms with E-state index < -0.39 is 0 Å². The third-order valence-electron chi connectivity index (χ3n) is 2.95. The van der Waals surface area contributed by atoms with Crippen molar-refractivity contribution in [1.82, 2.24) is 4.57 Å². The molecule has 2 aromatic heterocycles. The fraction of sp³-hybridized carbons (Fsp3) is 0.200. The van der Waals surface area contributed by atoms with Gasteiger partial charge in [0.15, 0.2) is 0 Å². The van der Waals surface area contributed by atoms with Crippen molar-refractivity contribution in [3.8, 4) is 5.69 Å². The number of fused-ring (bicyclic) bond motifs is 2. The van der Waals surface area contributed by atoms with Crippen molar-refractivity contribution in [2.75, 3.05) is 5.32 Å². The van der Waals surface area contributed by atoms with Gasteiger partial charge in [0.1, 0.15) is 0 Å². The van der Waals surface area contributed by atoms with Crippen LogP contribution in [0, 0.1) is 0 Å². The average Bonchev–Trinajstić information content (AvgIpc) is 2.89. The zero-order valence-electron chi connectivity index (χ0n) is 10.1. The molecule has 17 heavy (non-hydrogen) atoms. The van der Waals surface area contributed by atoms with Gasteiger partial charge in [-0.2, -0.15) is 0 Å². The van der Waals surface area contributed by atoms with Crippen LogP contribution in [0.2, 0.25) is 0 Å². The summed E-state index contributed by atoms with van der Waals surface area (Å²) in [6.45, 7) is 4.29. The minimum atomic E-state index is 0.468. The largest absolute Gasteiger partial charge is 0.383 e. The highest BCUT2D eigenvalue weighted by atomic mass is 15.0. The summed E-state index contributed by atoms with van der Waals surface area (Å²) in [6, 6.07) is 17.6. The summed E-state index contributed by atoms with van der Waals surface area (Å²) >= 11 is 0. The van der Waals surface area contributed by atoms with Gasteiger partial charge in [-0.1, -0.05) is 0 Å². The minimum absolute atomic E-state index is 0.468. The van der Waals surface area contributed by atoms with Crippen molar-refractivity contribution >= 4 is 16.7 Å². The number of nitrogens with one attached hydrogen (secondary N) is 1. The van der Waals surface area contributed by atoms with Crippen molar-refractivity contribution in [3.63, 3.8) is 0 Å². The van der Waals surface area contributed by atoms with Gasteiger partial charge < -0.3 is 9.88 Å². The molecule has 2 heteroatoms. The van der Waals surface area contributed by atoms with Crippen LogP contribution in [0.5, 0.6) is 0 Å². The number of hydrogen-bond donors (Lipinski definition) is 1. The molecule has 0 amide bonds. The lowest BCUT2D eigenvalue weighted by molar-refractivity contribution is 0.899. The summed E-state index contributed by atoms with van der Waals surface area (Å²) in [4.78, 5) is 0. The van der Waals surface area contributed by atoms with Gasteiger partial charge in [0.25, 0.3) is 0 Å². The van der Waals surface area contributed by atoms with Crippen LogP contribution in [0.1, 0.15) is 13.8 Å². The first-order valence-electron chi connectivity index (χ1n) is 6.01. The summed E-state index contributed by atoms with van der Waals surface area (Å²) in [6.07, 6.45) is 0. The maximum Gasteiger partial charge on any atom is 0.0463 e. The van der Waals surface area contributed by atoms with E-state index in [0.29, 0.717) is 6.04 Å². The molecule has 0 fully saturated rings. The summed E-state index contributed by atoms with van der Waals surface area (Å²) in [5, 5.41) is 3.40. The van der Waals surface area contributed by atoms with Crippen LogP contribution in [0.4, 0.5) is 5.69 Å². The standard InChI is InChI=1S/C15H16N2/c1-11(2)16-12-3-5-13(6-4-12)17-14-7-8-15(17)10-9-14/h3-11,16H,1-2H3. The first-order chi connectivity index (χ1) is 8.24. The molecule has 1 N–H and O–H groups in total. The van der Waals surface area contributed by atoms with E-state index in [1.54, 1.807) is 0 Å². The molecule has 0 saturated heterocycles. The highest BCUT2D eigenvalue weighted by molar-refractivity contribution is 5.73. The van der Waals surface area contributed by atoms with Crippen LogP contribution in [0.25, 0.3) is 16.7 Å². The molecule has 86 valence electrons. The molecular weight excluding hydrogens is 208 g/mol. The number of nitrogens with zero attached hydrogens (tertiary/aromatic N) is 1. The van der Waals surface area contributed by atoms with E-state index in [0.717, 1.165) is 0 Å². The predicted octanol–water partition coefficient (Wildman–Crippen LogP) is 3.89. The van der Waals surface area contributed by atoms with Crippen LogP contribution in [0.15, 0.2) is 48.5 Å². The number of rotatable bonds is 3. The van der Waals surface area contributed by atoms with Gasteiger partial charge >= 0.3 is 0 Å². The molecule has 3 aromatic rings. The van der Waals surface area contributed by atoms with Gasteiger partial charge in [-0.15, -0.1) is 0 Å². The predicted molar refractivity (Wildman–Crippen MR) is 73.2 cm³/mol. The Labute approximate surface area is 101 Å². The lowest BCUT2D eigenvalue weighted by Crippen LogP contribution is -2.09. The Morgan fingerprint density at radius 1 is 0.824 bits per heavy atom. The molecule has 0 radical (unpaired) electrons. The third-order valence-corrected chi connectivity index (χ3v) is 2.95. The van der Waals surface area contributed by atoms with Gasteiger partial charge in [-0.05, 0) is 62.4 Å².